The van der Waals surface area contributed by atoms with Crippen LogP contribution in [0, 0.1) is 0 Å². The SMILES string of the molecule is C=C/C=C\CC[P+](O)(C1C=CC=CC=C1)C(C)C/C=C\C. The standard InChI is InChI=1S/C19H28OP/c1-4-6-8-13-17-21(20,18(3)14-7-5-2)19-15-11-9-10-12-16-19/h4-12,15-16,18-20H,1,13-14,17H2,2-3H3/q+1/b7-5-,8-6-. The van der Waals surface area contributed by atoms with Crippen LogP contribution in [0.1, 0.15) is 26.7 Å². The zero-order valence-electron chi connectivity index (χ0n) is 13.2. The van der Waals surface area contributed by atoms with Gasteiger partial charge in [-0.05, 0) is 26.0 Å². The molecule has 0 aromatic carbocycles. The lowest BCUT2D eigenvalue weighted by molar-refractivity contribution is 0.574. The number of rotatable bonds is 8. The fourth-order valence-corrected chi connectivity index (χ4v) is 5.67. The van der Waals surface area contributed by atoms with Gasteiger partial charge in [-0.15, -0.1) is 0 Å². The molecule has 0 saturated heterocycles. The van der Waals surface area contributed by atoms with Crippen LogP contribution >= 0.6 is 7.49 Å². The molecule has 1 aliphatic rings. The van der Waals surface area contributed by atoms with Crippen molar-refractivity contribution in [2.45, 2.75) is 38.0 Å². The lowest BCUT2D eigenvalue weighted by Gasteiger charge is -2.30. The van der Waals surface area contributed by atoms with E-state index < -0.39 is 7.49 Å². The Morgan fingerprint density at radius 1 is 1.19 bits per heavy atom. The largest absolute Gasteiger partial charge is 0.250 e. The maximum atomic E-state index is 11.4. The van der Waals surface area contributed by atoms with Crippen LogP contribution in [-0.2, 0) is 0 Å². The normalized spacial score (nSPS) is 20.0. The molecule has 0 heterocycles. The minimum atomic E-state index is -2.08. The van der Waals surface area contributed by atoms with Crippen LogP contribution < -0.4 is 0 Å². The van der Waals surface area contributed by atoms with E-state index >= 15 is 0 Å². The van der Waals surface area contributed by atoms with Crippen molar-refractivity contribution >= 4 is 7.49 Å². The van der Waals surface area contributed by atoms with Gasteiger partial charge in [0.15, 0.2) is 7.49 Å². The maximum Gasteiger partial charge on any atom is 0.156 e. The topological polar surface area (TPSA) is 20.2 Å². The average molecular weight is 303 g/mol. The fourth-order valence-electron chi connectivity index (χ4n) is 2.50. The van der Waals surface area contributed by atoms with Gasteiger partial charge in [0, 0.05) is 12.8 Å². The van der Waals surface area contributed by atoms with Gasteiger partial charge in [0.05, 0.1) is 11.8 Å². The second-order valence-corrected chi connectivity index (χ2v) is 9.06. The summed E-state index contributed by atoms with van der Waals surface area (Å²) in [5.74, 6) is 0. The Labute approximate surface area is 130 Å². The van der Waals surface area contributed by atoms with E-state index in [0.29, 0.717) is 5.66 Å². The average Bonchev–Trinajstić information content (AvgIpc) is 2.78. The summed E-state index contributed by atoms with van der Waals surface area (Å²) in [6.45, 7) is 7.91. The van der Waals surface area contributed by atoms with Gasteiger partial charge in [-0.25, -0.2) is 0 Å². The Kier molecular flexibility index (Phi) is 8.27. The minimum absolute atomic E-state index is 0.157. The molecule has 2 unspecified atom stereocenters. The van der Waals surface area contributed by atoms with Gasteiger partial charge >= 0.3 is 0 Å². The van der Waals surface area contributed by atoms with E-state index in [9.17, 15) is 4.89 Å². The molecule has 0 radical (unpaired) electrons. The molecule has 0 amide bonds. The van der Waals surface area contributed by atoms with E-state index in [1.165, 1.54) is 0 Å². The van der Waals surface area contributed by atoms with Gasteiger partial charge in [-0.1, -0.05) is 61.3 Å². The van der Waals surface area contributed by atoms with E-state index in [1.807, 2.05) is 25.2 Å². The number of hydrogen-bond donors (Lipinski definition) is 1. The first kappa shape index (κ1) is 17.9. The molecule has 2 atom stereocenters. The van der Waals surface area contributed by atoms with E-state index in [1.54, 1.807) is 6.08 Å². The van der Waals surface area contributed by atoms with Crippen LogP contribution in [0.25, 0.3) is 0 Å². The Bertz CT molecular complexity index is 440. The molecule has 0 spiro atoms. The maximum absolute atomic E-state index is 11.4. The first-order chi connectivity index (χ1) is 10.1. The third-order valence-electron chi connectivity index (χ3n) is 3.87. The van der Waals surface area contributed by atoms with Crippen molar-refractivity contribution in [3.63, 3.8) is 0 Å². The van der Waals surface area contributed by atoms with Gasteiger partial charge in [-0.3, -0.25) is 4.89 Å². The van der Waals surface area contributed by atoms with Crippen LogP contribution in [0.5, 0.6) is 0 Å². The summed E-state index contributed by atoms with van der Waals surface area (Å²) in [5, 5.41) is 0. The molecule has 1 aliphatic carbocycles. The molecule has 0 saturated carbocycles. The number of hydrogen-bond acceptors (Lipinski definition) is 1. The molecule has 0 aromatic rings. The predicted octanol–water partition coefficient (Wildman–Crippen LogP) is 5.45. The molecule has 0 bridgehead atoms. The lowest BCUT2D eigenvalue weighted by atomic mass is 10.3. The van der Waals surface area contributed by atoms with Crippen molar-refractivity contribution in [1.29, 1.82) is 0 Å². The summed E-state index contributed by atoms with van der Waals surface area (Å²) < 4.78 is 0. The molecule has 1 nitrogen and oxygen atoms in total. The Hall–Kier alpha value is -1.17. The lowest BCUT2D eigenvalue weighted by Crippen LogP contribution is -2.21. The number of allylic oxidation sites excluding steroid dienone is 11. The van der Waals surface area contributed by atoms with Crippen LogP contribution in [0.2, 0.25) is 0 Å². The summed E-state index contributed by atoms with van der Waals surface area (Å²) in [5.41, 5.74) is 0.466. The molecule has 0 aromatic heterocycles. The first-order valence-corrected chi connectivity index (χ1v) is 9.72. The van der Waals surface area contributed by atoms with E-state index in [-0.39, 0.29) is 5.66 Å². The highest BCUT2D eigenvalue weighted by molar-refractivity contribution is 7.72. The highest BCUT2D eigenvalue weighted by Gasteiger charge is 2.46. The van der Waals surface area contributed by atoms with Crippen molar-refractivity contribution in [3.05, 3.63) is 73.4 Å². The van der Waals surface area contributed by atoms with Crippen LogP contribution in [0.3, 0.4) is 0 Å². The molecule has 2 heteroatoms. The summed E-state index contributed by atoms with van der Waals surface area (Å²) in [4.78, 5) is 11.4. The summed E-state index contributed by atoms with van der Waals surface area (Å²) >= 11 is 0. The van der Waals surface area contributed by atoms with Crippen molar-refractivity contribution in [1.82, 2.24) is 0 Å². The minimum Gasteiger partial charge on any atom is -0.250 e. The fraction of sp³-hybridized carbons (Fsp3) is 0.368. The molecule has 21 heavy (non-hydrogen) atoms. The molecular formula is C19H28OP+. The third-order valence-corrected chi connectivity index (χ3v) is 7.96. The first-order valence-electron chi connectivity index (χ1n) is 7.65. The van der Waals surface area contributed by atoms with Crippen LogP contribution in [0.15, 0.2) is 73.4 Å². The summed E-state index contributed by atoms with van der Waals surface area (Å²) in [6, 6.07) is 0. The van der Waals surface area contributed by atoms with Crippen LogP contribution in [0.4, 0.5) is 0 Å². The monoisotopic (exact) mass is 303 g/mol. The van der Waals surface area contributed by atoms with Gasteiger partial charge in [0.1, 0.15) is 5.66 Å². The zero-order chi connectivity index (χ0) is 15.6. The molecular weight excluding hydrogens is 275 g/mol. The quantitative estimate of drug-likeness (QED) is 0.359. The third kappa shape index (κ3) is 5.61. The van der Waals surface area contributed by atoms with E-state index in [4.69, 9.17) is 0 Å². The van der Waals surface area contributed by atoms with Gasteiger partial charge in [-0.2, -0.15) is 0 Å². The zero-order valence-corrected chi connectivity index (χ0v) is 14.1. The summed E-state index contributed by atoms with van der Waals surface area (Å²) in [7, 11) is -2.08. The van der Waals surface area contributed by atoms with E-state index in [2.05, 4.69) is 56.0 Å². The van der Waals surface area contributed by atoms with Gasteiger partial charge in [0.25, 0.3) is 0 Å². The molecule has 114 valence electrons. The van der Waals surface area contributed by atoms with Gasteiger partial charge < -0.3 is 0 Å². The molecule has 0 fully saturated rings. The Morgan fingerprint density at radius 2 is 1.86 bits per heavy atom. The Morgan fingerprint density at radius 3 is 2.43 bits per heavy atom. The Balaban J connectivity index is 2.90. The highest BCUT2D eigenvalue weighted by Crippen LogP contribution is 2.65. The second-order valence-electron chi connectivity index (χ2n) is 5.36. The second kappa shape index (κ2) is 9.71. The van der Waals surface area contributed by atoms with Crippen molar-refractivity contribution in [2.75, 3.05) is 6.16 Å². The molecule has 1 rings (SSSR count). The van der Waals surface area contributed by atoms with Gasteiger partial charge in [0.2, 0.25) is 0 Å². The van der Waals surface area contributed by atoms with Crippen LogP contribution in [-0.4, -0.2) is 22.4 Å². The predicted molar refractivity (Wildman–Crippen MR) is 98.1 cm³/mol. The molecule has 0 aliphatic heterocycles. The molecule has 1 N–H and O–H groups in total. The highest BCUT2D eigenvalue weighted by atomic mass is 31.2. The van der Waals surface area contributed by atoms with Crippen molar-refractivity contribution in [2.24, 2.45) is 0 Å². The van der Waals surface area contributed by atoms with Crippen molar-refractivity contribution in [3.8, 4) is 0 Å². The summed E-state index contributed by atoms with van der Waals surface area (Å²) in [6.07, 6.45) is 25.2. The van der Waals surface area contributed by atoms with Crippen molar-refractivity contribution < 1.29 is 4.89 Å². The van der Waals surface area contributed by atoms with E-state index in [0.717, 1.165) is 19.0 Å². The smallest absolute Gasteiger partial charge is 0.156 e.